The van der Waals surface area contributed by atoms with Gasteiger partial charge in [-0.2, -0.15) is 0 Å². The van der Waals surface area contributed by atoms with E-state index in [1.54, 1.807) is 18.3 Å². The summed E-state index contributed by atoms with van der Waals surface area (Å²) in [7, 11) is 1.94. The third-order valence-corrected chi connectivity index (χ3v) is 5.08. The Kier molecular flexibility index (Phi) is 6.87. The maximum absolute atomic E-state index is 12.3. The molecular formula is C21H30N4O2. The number of aromatic nitrogens is 2. The molecule has 0 saturated carbocycles. The van der Waals surface area contributed by atoms with Gasteiger partial charge in [-0.25, -0.2) is 4.98 Å². The fourth-order valence-electron chi connectivity index (χ4n) is 3.48. The van der Waals surface area contributed by atoms with Crippen molar-refractivity contribution in [1.82, 2.24) is 19.8 Å². The number of imidazole rings is 1. The smallest absolute Gasteiger partial charge is 0.251 e. The van der Waals surface area contributed by atoms with Crippen LogP contribution in [0.15, 0.2) is 36.7 Å². The number of hydrogen-bond acceptors (Lipinski definition) is 4. The second-order valence-electron chi connectivity index (χ2n) is 7.42. The van der Waals surface area contributed by atoms with Gasteiger partial charge in [0.2, 0.25) is 0 Å². The van der Waals surface area contributed by atoms with Gasteiger partial charge in [0.15, 0.2) is 0 Å². The molecule has 0 unspecified atom stereocenters. The van der Waals surface area contributed by atoms with Crippen molar-refractivity contribution in [2.75, 3.05) is 26.2 Å². The molecule has 0 aliphatic carbocycles. The Morgan fingerprint density at radius 1 is 1.33 bits per heavy atom. The van der Waals surface area contributed by atoms with Gasteiger partial charge in [0.25, 0.3) is 5.91 Å². The highest BCUT2D eigenvalue weighted by Crippen LogP contribution is 2.16. The molecule has 0 spiro atoms. The van der Waals surface area contributed by atoms with Gasteiger partial charge in [0.05, 0.1) is 0 Å². The lowest BCUT2D eigenvalue weighted by molar-refractivity contribution is 0.0950. The number of piperidine rings is 1. The predicted octanol–water partition coefficient (Wildman–Crippen LogP) is 2.85. The summed E-state index contributed by atoms with van der Waals surface area (Å²) in [6.07, 6.45) is 7.26. The first kappa shape index (κ1) is 19.4. The number of likely N-dealkylation sites (tertiary alicyclic amines) is 1. The third-order valence-electron chi connectivity index (χ3n) is 5.08. The van der Waals surface area contributed by atoms with Crippen LogP contribution in [0.25, 0.3) is 0 Å². The Hall–Kier alpha value is -2.34. The largest absolute Gasteiger partial charge is 0.486 e. The molecule has 0 radical (unpaired) electrons. The van der Waals surface area contributed by atoms with Gasteiger partial charge in [0.1, 0.15) is 18.2 Å². The number of hydrogen-bond donors (Lipinski definition) is 1. The fraction of sp³-hybridized carbons (Fsp3) is 0.524. The maximum atomic E-state index is 12.3. The number of aryl methyl sites for hydroxylation is 1. The van der Waals surface area contributed by atoms with E-state index in [9.17, 15) is 4.79 Å². The third kappa shape index (κ3) is 5.82. The number of amides is 1. The molecule has 0 bridgehead atoms. The van der Waals surface area contributed by atoms with Crippen LogP contribution < -0.4 is 10.1 Å². The van der Waals surface area contributed by atoms with Crippen molar-refractivity contribution in [3.63, 3.8) is 0 Å². The van der Waals surface area contributed by atoms with Crippen molar-refractivity contribution in [2.45, 2.75) is 32.8 Å². The minimum absolute atomic E-state index is 0.0299. The second-order valence-corrected chi connectivity index (χ2v) is 7.42. The zero-order valence-electron chi connectivity index (χ0n) is 16.4. The van der Waals surface area contributed by atoms with E-state index in [4.69, 9.17) is 4.74 Å². The molecule has 1 atom stereocenters. The lowest BCUT2D eigenvalue weighted by Gasteiger charge is -2.30. The molecule has 6 heteroatoms. The summed E-state index contributed by atoms with van der Waals surface area (Å²) in [5, 5.41) is 3.01. The molecule has 1 aliphatic rings. The van der Waals surface area contributed by atoms with Crippen LogP contribution in [0.2, 0.25) is 0 Å². The van der Waals surface area contributed by atoms with Crippen LogP contribution in [-0.4, -0.2) is 46.5 Å². The van der Waals surface area contributed by atoms with E-state index in [1.807, 2.05) is 29.9 Å². The van der Waals surface area contributed by atoms with E-state index >= 15 is 0 Å². The standard InChI is InChI=1S/C21H30N4O2/c1-17-5-3-12-25(15-17)13-4-10-23-21(26)18-6-8-19(9-7-18)27-16-20-22-11-14-24(20)2/h6-9,11,14,17H,3-5,10,12-13,15-16H2,1-2H3,(H,23,26)/t17-/m1/s1. The highest BCUT2D eigenvalue weighted by Gasteiger charge is 2.15. The van der Waals surface area contributed by atoms with Crippen LogP contribution in [0.5, 0.6) is 5.75 Å². The monoisotopic (exact) mass is 370 g/mol. The number of carbonyl (C=O) groups excluding carboxylic acids is 1. The van der Waals surface area contributed by atoms with Crippen LogP contribution in [-0.2, 0) is 13.7 Å². The first-order valence-electron chi connectivity index (χ1n) is 9.81. The van der Waals surface area contributed by atoms with Crippen molar-refractivity contribution in [3.05, 3.63) is 48.0 Å². The Morgan fingerprint density at radius 2 is 2.15 bits per heavy atom. The molecule has 6 nitrogen and oxygen atoms in total. The molecule has 1 aliphatic heterocycles. The van der Waals surface area contributed by atoms with Crippen molar-refractivity contribution >= 4 is 5.91 Å². The SMILES string of the molecule is C[C@@H]1CCCN(CCCNC(=O)c2ccc(OCc3nccn3C)cc2)C1. The first-order chi connectivity index (χ1) is 13.1. The topological polar surface area (TPSA) is 59.4 Å². The number of benzene rings is 1. The van der Waals surface area contributed by atoms with Crippen LogP contribution in [0, 0.1) is 5.92 Å². The molecule has 27 heavy (non-hydrogen) atoms. The first-order valence-corrected chi connectivity index (χ1v) is 9.81. The minimum atomic E-state index is -0.0299. The molecule has 2 heterocycles. The predicted molar refractivity (Wildman–Crippen MR) is 106 cm³/mol. The van der Waals surface area contributed by atoms with E-state index < -0.39 is 0 Å². The zero-order valence-corrected chi connectivity index (χ0v) is 16.4. The lowest BCUT2D eigenvalue weighted by Crippen LogP contribution is -2.36. The van der Waals surface area contributed by atoms with Crippen LogP contribution in [0.4, 0.5) is 0 Å². The Morgan fingerprint density at radius 3 is 2.85 bits per heavy atom. The van der Waals surface area contributed by atoms with E-state index in [-0.39, 0.29) is 5.91 Å². The van der Waals surface area contributed by atoms with Crippen molar-refractivity contribution < 1.29 is 9.53 Å². The van der Waals surface area contributed by atoms with Gasteiger partial charge in [0, 0.05) is 38.1 Å². The molecule has 1 N–H and O–H groups in total. The highest BCUT2D eigenvalue weighted by molar-refractivity contribution is 5.94. The number of ether oxygens (including phenoxy) is 1. The summed E-state index contributed by atoms with van der Waals surface area (Å²) >= 11 is 0. The number of nitrogens with one attached hydrogen (secondary N) is 1. The number of rotatable bonds is 8. The normalized spacial score (nSPS) is 17.6. The Balaban J connectivity index is 1.37. The van der Waals surface area contributed by atoms with Crippen LogP contribution in [0.3, 0.4) is 0 Å². The van der Waals surface area contributed by atoms with E-state index in [0.29, 0.717) is 18.7 Å². The number of carbonyl (C=O) groups is 1. The fourth-order valence-corrected chi connectivity index (χ4v) is 3.48. The van der Waals surface area contributed by atoms with Gasteiger partial charge < -0.3 is 19.5 Å². The average Bonchev–Trinajstić information content (AvgIpc) is 3.09. The molecule has 1 aromatic heterocycles. The molecular weight excluding hydrogens is 340 g/mol. The summed E-state index contributed by atoms with van der Waals surface area (Å²) < 4.78 is 7.64. The van der Waals surface area contributed by atoms with Gasteiger partial charge in [-0.05, 0) is 62.5 Å². The van der Waals surface area contributed by atoms with E-state index in [1.165, 1.54) is 25.9 Å². The van der Waals surface area contributed by atoms with Crippen LogP contribution >= 0.6 is 0 Å². The quantitative estimate of drug-likeness (QED) is 0.726. The lowest BCUT2D eigenvalue weighted by atomic mass is 10.0. The molecule has 146 valence electrons. The molecule has 3 rings (SSSR count). The summed E-state index contributed by atoms with van der Waals surface area (Å²) in [5.74, 6) is 2.36. The van der Waals surface area contributed by atoms with Crippen LogP contribution in [0.1, 0.15) is 42.4 Å². The maximum Gasteiger partial charge on any atom is 0.251 e. The summed E-state index contributed by atoms with van der Waals surface area (Å²) in [6.45, 7) is 6.87. The van der Waals surface area contributed by atoms with Gasteiger partial charge in [-0.1, -0.05) is 6.92 Å². The highest BCUT2D eigenvalue weighted by atomic mass is 16.5. The molecule has 1 aromatic carbocycles. The minimum Gasteiger partial charge on any atom is -0.486 e. The zero-order chi connectivity index (χ0) is 19.1. The summed E-state index contributed by atoms with van der Waals surface area (Å²) in [5.41, 5.74) is 0.658. The average molecular weight is 370 g/mol. The van der Waals surface area contributed by atoms with Crippen molar-refractivity contribution in [1.29, 1.82) is 0 Å². The van der Waals surface area contributed by atoms with Gasteiger partial charge in [-0.3, -0.25) is 4.79 Å². The summed E-state index contributed by atoms with van der Waals surface area (Å²) in [4.78, 5) is 19.0. The van der Waals surface area contributed by atoms with E-state index in [0.717, 1.165) is 30.5 Å². The Bertz CT molecular complexity index is 726. The van der Waals surface area contributed by atoms with Gasteiger partial charge in [-0.15, -0.1) is 0 Å². The molecule has 1 amide bonds. The van der Waals surface area contributed by atoms with Crippen molar-refractivity contribution in [2.24, 2.45) is 13.0 Å². The second kappa shape index (κ2) is 9.55. The Labute approximate surface area is 161 Å². The van der Waals surface area contributed by atoms with Gasteiger partial charge >= 0.3 is 0 Å². The summed E-state index contributed by atoms with van der Waals surface area (Å²) in [6, 6.07) is 7.25. The van der Waals surface area contributed by atoms with Crippen molar-refractivity contribution in [3.8, 4) is 5.75 Å². The molecule has 2 aromatic rings. The number of nitrogens with zero attached hydrogens (tertiary/aromatic N) is 3. The van der Waals surface area contributed by atoms with E-state index in [2.05, 4.69) is 22.1 Å². The molecule has 1 fully saturated rings. The molecule has 1 saturated heterocycles.